The molecule has 2 aromatic rings. The molecule has 0 aliphatic carbocycles. The Hall–Kier alpha value is -1.55. The minimum atomic E-state index is 0.858. The maximum atomic E-state index is 3.98. The highest BCUT2D eigenvalue weighted by Crippen LogP contribution is 2.03. The molecule has 0 amide bonds. The van der Waals surface area contributed by atoms with E-state index < -0.39 is 0 Å². The minimum Gasteiger partial charge on any atom is -0.357 e. The van der Waals surface area contributed by atoms with Crippen molar-refractivity contribution in [3.8, 4) is 0 Å². The molecule has 0 radical (unpaired) electrons. The van der Waals surface area contributed by atoms with E-state index in [2.05, 4.69) is 38.5 Å². The summed E-state index contributed by atoms with van der Waals surface area (Å²) in [6.45, 7) is 3.79. The van der Waals surface area contributed by atoms with Crippen LogP contribution in [0.2, 0.25) is 0 Å². The van der Waals surface area contributed by atoms with Crippen molar-refractivity contribution in [2.45, 2.75) is 20.0 Å². The molecule has 2 heterocycles. The molecule has 0 unspecified atom stereocenters. The molecule has 15 heavy (non-hydrogen) atoms. The van der Waals surface area contributed by atoms with Crippen LogP contribution in [0.4, 0.5) is 0 Å². The van der Waals surface area contributed by atoms with Crippen LogP contribution in [-0.2, 0) is 20.1 Å². The number of rotatable bonds is 4. The molecule has 0 aliphatic heterocycles. The highest BCUT2D eigenvalue weighted by molar-refractivity contribution is 5.14. The number of hydrogen-bond donors (Lipinski definition) is 2. The van der Waals surface area contributed by atoms with Gasteiger partial charge in [0, 0.05) is 43.8 Å². The Kier molecular flexibility index (Phi) is 2.87. The normalized spacial score (nSPS) is 10.8. The number of nitrogens with one attached hydrogen (secondary N) is 2. The fourth-order valence-corrected chi connectivity index (χ4v) is 1.56. The van der Waals surface area contributed by atoms with Crippen molar-refractivity contribution in [3.05, 3.63) is 41.5 Å². The van der Waals surface area contributed by atoms with Crippen LogP contribution in [0, 0.1) is 6.92 Å². The predicted octanol–water partition coefficient (Wildman–Crippen LogP) is 1.35. The lowest BCUT2D eigenvalue weighted by molar-refractivity contribution is 0.689. The molecule has 0 aromatic carbocycles. The summed E-state index contributed by atoms with van der Waals surface area (Å²) in [5.74, 6) is 0. The summed E-state index contributed by atoms with van der Waals surface area (Å²) < 4.78 is 2.06. The van der Waals surface area contributed by atoms with E-state index in [4.69, 9.17) is 0 Å². The molecule has 2 rings (SSSR count). The second-order valence-electron chi connectivity index (χ2n) is 3.81. The average molecular weight is 204 g/mol. The van der Waals surface area contributed by atoms with Crippen molar-refractivity contribution in [2.75, 3.05) is 0 Å². The molecule has 2 aromatic heterocycles. The molecule has 0 aliphatic rings. The van der Waals surface area contributed by atoms with E-state index in [0.717, 1.165) is 18.8 Å². The third-order valence-electron chi connectivity index (χ3n) is 2.47. The first kappa shape index (κ1) is 9.98. The Morgan fingerprint density at radius 2 is 2.33 bits per heavy atom. The van der Waals surface area contributed by atoms with E-state index in [-0.39, 0.29) is 0 Å². The van der Waals surface area contributed by atoms with Crippen molar-refractivity contribution < 1.29 is 0 Å². The van der Waals surface area contributed by atoms with Gasteiger partial charge in [0.1, 0.15) is 0 Å². The second-order valence-corrected chi connectivity index (χ2v) is 3.81. The predicted molar refractivity (Wildman–Crippen MR) is 59.3 cm³/mol. The van der Waals surface area contributed by atoms with E-state index in [1.807, 2.05) is 20.2 Å². The third kappa shape index (κ3) is 2.47. The van der Waals surface area contributed by atoms with Crippen molar-refractivity contribution in [2.24, 2.45) is 7.05 Å². The summed E-state index contributed by atoms with van der Waals surface area (Å²) in [4.78, 5) is 0. The Bertz CT molecular complexity index is 427. The Balaban J connectivity index is 1.83. The van der Waals surface area contributed by atoms with Gasteiger partial charge in [0.25, 0.3) is 0 Å². The van der Waals surface area contributed by atoms with E-state index in [0.29, 0.717) is 0 Å². The zero-order valence-electron chi connectivity index (χ0n) is 9.12. The quantitative estimate of drug-likeness (QED) is 0.789. The number of nitrogens with zero attached hydrogens (tertiary/aromatic N) is 2. The topological polar surface area (TPSA) is 45.6 Å². The summed E-state index contributed by atoms with van der Waals surface area (Å²) in [6, 6.07) is 2.12. The largest absolute Gasteiger partial charge is 0.357 e. The van der Waals surface area contributed by atoms with Gasteiger partial charge in [0.05, 0.1) is 6.20 Å². The van der Waals surface area contributed by atoms with Gasteiger partial charge in [0.15, 0.2) is 0 Å². The smallest absolute Gasteiger partial charge is 0.0535 e. The molecule has 80 valence electrons. The molecule has 0 saturated carbocycles. The van der Waals surface area contributed by atoms with E-state index in [9.17, 15) is 0 Å². The first-order valence-corrected chi connectivity index (χ1v) is 5.06. The van der Waals surface area contributed by atoms with Crippen LogP contribution < -0.4 is 5.32 Å². The van der Waals surface area contributed by atoms with Gasteiger partial charge in [-0.1, -0.05) is 0 Å². The first-order chi connectivity index (χ1) is 7.25. The van der Waals surface area contributed by atoms with Gasteiger partial charge in [-0.05, 0) is 18.6 Å². The zero-order valence-corrected chi connectivity index (χ0v) is 9.12. The minimum absolute atomic E-state index is 0.858. The maximum Gasteiger partial charge on any atom is 0.0535 e. The maximum absolute atomic E-state index is 3.98. The van der Waals surface area contributed by atoms with Crippen LogP contribution >= 0.6 is 0 Å². The SMILES string of the molecule is Cc1[nH]ncc1CNCc1ccn(C)c1. The lowest BCUT2D eigenvalue weighted by atomic mass is 10.2. The zero-order chi connectivity index (χ0) is 10.7. The molecule has 0 atom stereocenters. The summed E-state index contributed by atoms with van der Waals surface area (Å²) in [7, 11) is 2.03. The Morgan fingerprint density at radius 1 is 1.47 bits per heavy atom. The van der Waals surface area contributed by atoms with Gasteiger partial charge in [-0.2, -0.15) is 5.10 Å². The van der Waals surface area contributed by atoms with Crippen LogP contribution in [0.1, 0.15) is 16.8 Å². The molecular weight excluding hydrogens is 188 g/mol. The molecule has 4 heteroatoms. The molecule has 0 bridgehead atoms. The molecule has 4 nitrogen and oxygen atoms in total. The Labute approximate surface area is 89.3 Å². The highest BCUT2D eigenvalue weighted by Gasteiger charge is 1.99. The molecule has 0 spiro atoms. The molecule has 2 N–H and O–H groups in total. The van der Waals surface area contributed by atoms with E-state index in [1.165, 1.54) is 11.1 Å². The molecule has 0 fully saturated rings. The van der Waals surface area contributed by atoms with Crippen molar-refractivity contribution in [1.29, 1.82) is 0 Å². The van der Waals surface area contributed by atoms with Gasteiger partial charge in [0.2, 0.25) is 0 Å². The van der Waals surface area contributed by atoms with Crippen LogP contribution in [0.5, 0.6) is 0 Å². The van der Waals surface area contributed by atoms with Crippen molar-refractivity contribution >= 4 is 0 Å². The van der Waals surface area contributed by atoms with Crippen LogP contribution in [0.15, 0.2) is 24.7 Å². The van der Waals surface area contributed by atoms with Crippen molar-refractivity contribution in [1.82, 2.24) is 20.1 Å². The third-order valence-corrected chi connectivity index (χ3v) is 2.47. The number of H-pyrrole nitrogens is 1. The Morgan fingerprint density at radius 3 is 2.93 bits per heavy atom. The van der Waals surface area contributed by atoms with Gasteiger partial charge in [-0.25, -0.2) is 0 Å². The highest BCUT2D eigenvalue weighted by atomic mass is 15.1. The van der Waals surface area contributed by atoms with E-state index >= 15 is 0 Å². The average Bonchev–Trinajstić information content (AvgIpc) is 2.77. The number of aromatic nitrogens is 3. The summed E-state index contributed by atoms with van der Waals surface area (Å²) in [5.41, 5.74) is 3.67. The summed E-state index contributed by atoms with van der Waals surface area (Å²) in [5, 5.41) is 10.3. The van der Waals surface area contributed by atoms with Gasteiger partial charge < -0.3 is 9.88 Å². The van der Waals surface area contributed by atoms with Gasteiger partial charge in [-0.15, -0.1) is 0 Å². The fraction of sp³-hybridized carbons (Fsp3) is 0.364. The first-order valence-electron chi connectivity index (χ1n) is 5.06. The van der Waals surface area contributed by atoms with Crippen molar-refractivity contribution in [3.63, 3.8) is 0 Å². The monoisotopic (exact) mass is 204 g/mol. The summed E-state index contributed by atoms with van der Waals surface area (Å²) >= 11 is 0. The van der Waals surface area contributed by atoms with Crippen LogP contribution in [-0.4, -0.2) is 14.8 Å². The number of aryl methyl sites for hydroxylation is 2. The summed E-state index contributed by atoms with van der Waals surface area (Å²) in [6.07, 6.45) is 6.04. The van der Waals surface area contributed by atoms with Gasteiger partial charge >= 0.3 is 0 Å². The lowest BCUT2D eigenvalue weighted by Crippen LogP contribution is -2.12. The second kappa shape index (κ2) is 4.31. The number of aromatic amines is 1. The lowest BCUT2D eigenvalue weighted by Gasteiger charge is -2.01. The standard InChI is InChI=1S/C11H16N4/c1-9-11(7-13-14-9)6-12-5-10-3-4-15(2)8-10/h3-4,7-8,12H,5-6H2,1-2H3,(H,13,14). The number of hydrogen-bond acceptors (Lipinski definition) is 2. The van der Waals surface area contributed by atoms with E-state index in [1.54, 1.807) is 0 Å². The van der Waals surface area contributed by atoms with Crippen LogP contribution in [0.25, 0.3) is 0 Å². The molecule has 0 saturated heterocycles. The van der Waals surface area contributed by atoms with Crippen LogP contribution in [0.3, 0.4) is 0 Å². The fourth-order valence-electron chi connectivity index (χ4n) is 1.56. The molecular formula is C11H16N4. The van der Waals surface area contributed by atoms with Gasteiger partial charge in [-0.3, -0.25) is 5.10 Å².